The molecule has 0 saturated carbocycles. The first-order valence-electron chi connectivity index (χ1n) is 6.28. The van der Waals surface area contributed by atoms with Gasteiger partial charge in [0.05, 0.1) is 6.10 Å². The lowest BCUT2D eigenvalue weighted by Crippen LogP contribution is -2.32. The highest BCUT2D eigenvalue weighted by Gasteiger charge is 2.31. The lowest BCUT2D eigenvalue weighted by Gasteiger charge is -2.30. The second kappa shape index (κ2) is 6.69. The number of hydrogen-bond donors (Lipinski definition) is 0. The summed E-state index contributed by atoms with van der Waals surface area (Å²) in [7, 11) is 1.72. The fraction of sp³-hybridized carbons (Fsp3) is 0.538. The number of halogens is 3. The first kappa shape index (κ1) is 15.5. The van der Waals surface area contributed by atoms with Crippen molar-refractivity contribution in [1.82, 2.24) is 4.31 Å². The van der Waals surface area contributed by atoms with Crippen molar-refractivity contribution in [1.29, 1.82) is 0 Å². The molecule has 7 heteroatoms. The van der Waals surface area contributed by atoms with Crippen LogP contribution in [0.25, 0.3) is 0 Å². The fourth-order valence-electron chi connectivity index (χ4n) is 2.01. The summed E-state index contributed by atoms with van der Waals surface area (Å²) in [5.41, 5.74) is 0. The Morgan fingerprint density at radius 3 is 2.25 bits per heavy atom. The van der Waals surface area contributed by atoms with Crippen LogP contribution in [0.15, 0.2) is 29.2 Å². The minimum atomic E-state index is -4.64. The molecule has 0 aliphatic carbocycles. The highest BCUT2D eigenvalue weighted by Crippen LogP contribution is 2.29. The molecule has 1 saturated heterocycles. The molecule has 0 atom stereocenters. The number of hydrogen-bond acceptors (Lipinski definition) is 4. The average molecular weight is 307 g/mol. The summed E-state index contributed by atoms with van der Waals surface area (Å²) >= 11 is 1.54. The average Bonchev–Trinajstić information content (AvgIpc) is 2.40. The van der Waals surface area contributed by atoms with E-state index in [1.54, 1.807) is 31.2 Å². The maximum atomic E-state index is 12.0. The van der Waals surface area contributed by atoms with E-state index < -0.39 is 6.36 Å². The van der Waals surface area contributed by atoms with Crippen LogP contribution < -0.4 is 4.74 Å². The molecular weight excluding hydrogens is 291 g/mol. The third kappa shape index (κ3) is 4.88. The van der Waals surface area contributed by atoms with Crippen LogP contribution >= 0.6 is 11.9 Å². The molecule has 0 unspecified atom stereocenters. The molecule has 20 heavy (non-hydrogen) atoms. The SMILES string of the molecule is COC1CCN(Sc2ccc(OC(F)(F)F)cc2)CC1. The van der Waals surface area contributed by atoms with E-state index >= 15 is 0 Å². The van der Waals surface area contributed by atoms with Gasteiger partial charge >= 0.3 is 6.36 Å². The monoisotopic (exact) mass is 307 g/mol. The molecule has 0 amide bonds. The van der Waals surface area contributed by atoms with Crippen molar-refractivity contribution in [2.75, 3.05) is 20.2 Å². The molecule has 1 aliphatic rings. The fourth-order valence-corrected chi connectivity index (χ4v) is 2.96. The zero-order valence-corrected chi connectivity index (χ0v) is 11.8. The number of rotatable bonds is 4. The number of alkyl halides is 3. The van der Waals surface area contributed by atoms with Gasteiger partial charge in [0.1, 0.15) is 5.75 Å². The largest absolute Gasteiger partial charge is 0.573 e. The van der Waals surface area contributed by atoms with Crippen LogP contribution in [0.1, 0.15) is 12.8 Å². The van der Waals surface area contributed by atoms with Gasteiger partial charge in [-0.25, -0.2) is 4.31 Å². The Labute approximate surface area is 120 Å². The second-order valence-corrected chi connectivity index (χ2v) is 5.64. The Balaban J connectivity index is 1.85. The maximum absolute atomic E-state index is 12.0. The van der Waals surface area contributed by atoms with Gasteiger partial charge in [0.15, 0.2) is 0 Å². The lowest BCUT2D eigenvalue weighted by molar-refractivity contribution is -0.274. The van der Waals surface area contributed by atoms with Gasteiger partial charge in [0, 0.05) is 25.1 Å². The normalized spacial score (nSPS) is 18.2. The summed E-state index contributed by atoms with van der Waals surface area (Å²) in [6.45, 7) is 1.81. The summed E-state index contributed by atoms with van der Waals surface area (Å²) in [5.74, 6) is -0.194. The Kier molecular flexibility index (Phi) is 5.17. The second-order valence-electron chi connectivity index (χ2n) is 4.47. The van der Waals surface area contributed by atoms with Crippen LogP contribution in [0.4, 0.5) is 13.2 Å². The van der Waals surface area contributed by atoms with E-state index in [4.69, 9.17) is 4.74 Å². The third-order valence-electron chi connectivity index (χ3n) is 3.03. The standard InChI is InChI=1S/C13H16F3NO2S/c1-18-10-6-8-17(9-7-10)20-12-4-2-11(3-5-12)19-13(14,15)16/h2-5,10H,6-9H2,1H3. The van der Waals surface area contributed by atoms with Crippen molar-refractivity contribution in [2.24, 2.45) is 0 Å². The number of nitrogens with zero attached hydrogens (tertiary/aromatic N) is 1. The molecule has 1 aliphatic heterocycles. The van der Waals surface area contributed by atoms with Gasteiger partial charge in [-0.2, -0.15) is 0 Å². The molecule has 1 fully saturated rings. The minimum Gasteiger partial charge on any atom is -0.406 e. The van der Waals surface area contributed by atoms with E-state index in [9.17, 15) is 13.2 Å². The molecular formula is C13H16F3NO2S. The van der Waals surface area contributed by atoms with Crippen LogP contribution in [0.5, 0.6) is 5.75 Å². The lowest BCUT2D eigenvalue weighted by atomic mass is 10.1. The van der Waals surface area contributed by atoms with Gasteiger partial charge in [0.2, 0.25) is 0 Å². The number of ether oxygens (including phenoxy) is 2. The van der Waals surface area contributed by atoms with Crippen LogP contribution in [0, 0.1) is 0 Å². The molecule has 1 aromatic rings. The van der Waals surface area contributed by atoms with E-state index in [0.717, 1.165) is 30.8 Å². The molecule has 112 valence electrons. The Hall–Kier alpha value is -0.920. The molecule has 0 N–H and O–H groups in total. The quantitative estimate of drug-likeness (QED) is 0.791. The first-order valence-corrected chi connectivity index (χ1v) is 7.05. The molecule has 1 heterocycles. The van der Waals surface area contributed by atoms with E-state index in [0.29, 0.717) is 6.10 Å². The maximum Gasteiger partial charge on any atom is 0.573 e. The first-order chi connectivity index (χ1) is 9.46. The van der Waals surface area contributed by atoms with Crippen LogP contribution in [0.2, 0.25) is 0 Å². The van der Waals surface area contributed by atoms with Gasteiger partial charge in [0.25, 0.3) is 0 Å². The van der Waals surface area contributed by atoms with E-state index in [1.165, 1.54) is 12.1 Å². The van der Waals surface area contributed by atoms with E-state index in [2.05, 4.69) is 9.04 Å². The van der Waals surface area contributed by atoms with Crippen LogP contribution in [-0.4, -0.2) is 37.0 Å². The number of methoxy groups -OCH3 is 1. The van der Waals surface area contributed by atoms with Crippen LogP contribution in [-0.2, 0) is 4.74 Å². The number of benzene rings is 1. The number of piperidine rings is 1. The van der Waals surface area contributed by atoms with Crippen molar-refractivity contribution >= 4 is 11.9 Å². The van der Waals surface area contributed by atoms with E-state index in [1.807, 2.05) is 0 Å². The topological polar surface area (TPSA) is 21.7 Å². The van der Waals surface area contributed by atoms with Crippen molar-refractivity contribution in [2.45, 2.75) is 30.2 Å². The smallest absolute Gasteiger partial charge is 0.406 e. The van der Waals surface area contributed by atoms with Crippen molar-refractivity contribution in [3.63, 3.8) is 0 Å². The molecule has 3 nitrogen and oxygen atoms in total. The van der Waals surface area contributed by atoms with Crippen LogP contribution in [0.3, 0.4) is 0 Å². The molecule has 0 bridgehead atoms. The van der Waals surface area contributed by atoms with Gasteiger partial charge in [-0.15, -0.1) is 13.2 Å². The summed E-state index contributed by atoms with van der Waals surface area (Å²) in [6.07, 6.45) is -2.39. The van der Waals surface area contributed by atoms with Gasteiger partial charge in [-0.05, 0) is 49.1 Å². The van der Waals surface area contributed by atoms with Gasteiger partial charge in [-0.1, -0.05) is 0 Å². The minimum absolute atomic E-state index is 0.194. The predicted molar refractivity (Wildman–Crippen MR) is 70.6 cm³/mol. The Bertz CT molecular complexity index is 417. The highest BCUT2D eigenvalue weighted by molar-refractivity contribution is 7.97. The van der Waals surface area contributed by atoms with Gasteiger partial charge in [-0.3, -0.25) is 0 Å². The molecule has 2 rings (SSSR count). The van der Waals surface area contributed by atoms with Crippen molar-refractivity contribution in [3.8, 4) is 5.75 Å². The zero-order valence-electron chi connectivity index (χ0n) is 11.0. The summed E-state index contributed by atoms with van der Waals surface area (Å²) in [6, 6.07) is 5.93. The molecule has 0 spiro atoms. The zero-order chi connectivity index (χ0) is 14.6. The molecule has 1 aromatic carbocycles. The Morgan fingerprint density at radius 2 is 1.75 bits per heavy atom. The summed E-state index contributed by atoms with van der Waals surface area (Å²) in [4.78, 5) is 0.899. The van der Waals surface area contributed by atoms with Crippen molar-refractivity contribution < 1.29 is 22.6 Å². The Morgan fingerprint density at radius 1 is 1.15 bits per heavy atom. The third-order valence-corrected chi connectivity index (χ3v) is 4.13. The van der Waals surface area contributed by atoms with E-state index in [-0.39, 0.29) is 5.75 Å². The summed E-state index contributed by atoms with van der Waals surface area (Å²) < 4.78 is 47.4. The highest BCUT2D eigenvalue weighted by atomic mass is 32.2. The van der Waals surface area contributed by atoms with Crippen molar-refractivity contribution in [3.05, 3.63) is 24.3 Å². The molecule has 0 radical (unpaired) electrons. The predicted octanol–water partition coefficient (Wildman–Crippen LogP) is 3.70. The van der Waals surface area contributed by atoms with Gasteiger partial charge < -0.3 is 9.47 Å². The molecule has 0 aromatic heterocycles. The summed E-state index contributed by atoms with van der Waals surface area (Å²) in [5, 5.41) is 0.